The van der Waals surface area contributed by atoms with Gasteiger partial charge in [-0.1, -0.05) is 59.6 Å². The van der Waals surface area contributed by atoms with Gasteiger partial charge in [-0.15, -0.1) is 0 Å². The molecule has 3 aromatic rings. The fraction of sp³-hybridized carbons (Fsp3) is 0.250. The lowest BCUT2D eigenvalue weighted by Gasteiger charge is -2.24. The molecule has 2 atom stereocenters. The fourth-order valence-electron chi connectivity index (χ4n) is 4.18. The second-order valence-corrected chi connectivity index (χ2v) is 8.39. The highest BCUT2D eigenvalue weighted by Gasteiger charge is 2.38. The molecule has 29 heavy (non-hydrogen) atoms. The van der Waals surface area contributed by atoms with E-state index in [-0.39, 0.29) is 6.10 Å². The summed E-state index contributed by atoms with van der Waals surface area (Å²) in [5, 5.41) is 4.74. The van der Waals surface area contributed by atoms with Gasteiger partial charge in [0.05, 0.1) is 0 Å². The third-order valence-electron chi connectivity index (χ3n) is 5.65. The van der Waals surface area contributed by atoms with Gasteiger partial charge in [0.15, 0.2) is 11.5 Å². The molecule has 148 valence electrons. The highest BCUT2D eigenvalue weighted by Crippen LogP contribution is 2.49. The molecule has 0 bridgehead atoms. The van der Waals surface area contributed by atoms with Crippen molar-refractivity contribution in [1.82, 2.24) is 5.32 Å². The first-order valence-electron chi connectivity index (χ1n) is 9.86. The number of hydrogen-bond acceptors (Lipinski definition) is 3. The second-order valence-electron chi connectivity index (χ2n) is 7.55. The fourth-order valence-corrected chi connectivity index (χ4v) is 4.70. The van der Waals surface area contributed by atoms with Crippen LogP contribution in [0.25, 0.3) is 11.1 Å². The zero-order valence-electron chi connectivity index (χ0n) is 15.8. The Hall–Kier alpha value is -2.20. The number of rotatable bonds is 4. The van der Waals surface area contributed by atoms with E-state index in [9.17, 15) is 0 Å². The van der Waals surface area contributed by atoms with Gasteiger partial charge in [-0.2, -0.15) is 0 Å². The molecule has 0 aromatic heterocycles. The standard InChI is InChI=1S/C24H21Cl2NO2/c25-17-6-7-18(21(26)12-17)16-10-19-20-13-27-9-8-22(20)29-24(19)23(11-16)28-14-15-4-2-1-3-5-15/h1-7,10-12,20,22,27H,8-9,13-14H2. The van der Waals surface area contributed by atoms with Crippen LogP contribution in [0.15, 0.2) is 60.7 Å². The molecule has 2 aliphatic heterocycles. The summed E-state index contributed by atoms with van der Waals surface area (Å²) in [7, 11) is 0. The minimum atomic E-state index is 0.196. The zero-order valence-corrected chi connectivity index (χ0v) is 17.3. The molecule has 1 saturated heterocycles. The minimum Gasteiger partial charge on any atom is -0.485 e. The molecule has 3 aromatic carbocycles. The van der Waals surface area contributed by atoms with Gasteiger partial charge in [0, 0.05) is 33.6 Å². The Kier molecular flexibility index (Phi) is 5.13. The minimum absolute atomic E-state index is 0.196. The van der Waals surface area contributed by atoms with E-state index >= 15 is 0 Å². The van der Waals surface area contributed by atoms with Gasteiger partial charge < -0.3 is 14.8 Å². The Bertz CT molecular complexity index is 1040. The normalized spacial score (nSPS) is 19.9. The van der Waals surface area contributed by atoms with Crippen molar-refractivity contribution in [3.63, 3.8) is 0 Å². The molecule has 5 rings (SSSR count). The van der Waals surface area contributed by atoms with E-state index in [0.717, 1.165) is 47.7 Å². The summed E-state index contributed by atoms with van der Waals surface area (Å²) >= 11 is 12.6. The molecule has 2 unspecified atom stereocenters. The Balaban J connectivity index is 1.56. The number of fused-ring (bicyclic) bond motifs is 3. The van der Waals surface area contributed by atoms with Crippen molar-refractivity contribution in [3.05, 3.63) is 81.8 Å². The average molecular weight is 426 g/mol. The molecule has 0 aliphatic carbocycles. The maximum atomic E-state index is 6.51. The van der Waals surface area contributed by atoms with Gasteiger partial charge in [0.25, 0.3) is 0 Å². The third-order valence-corrected chi connectivity index (χ3v) is 6.20. The summed E-state index contributed by atoms with van der Waals surface area (Å²) in [6.45, 7) is 2.38. The van der Waals surface area contributed by atoms with Gasteiger partial charge in [-0.05, 0) is 48.4 Å². The smallest absolute Gasteiger partial charge is 0.165 e. The van der Waals surface area contributed by atoms with Crippen molar-refractivity contribution in [2.75, 3.05) is 13.1 Å². The van der Waals surface area contributed by atoms with Crippen LogP contribution in [-0.4, -0.2) is 19.2 Å². The highest BCUT2D eigenvalue weighted by molar-refractivity contribution is 6.36. The van der Waals surface area contributed by atoms with Crippen molar-refractivity contribution >= 4 is 23.2 Å². The van der Waals surface area contributed by atoms with E-state index in [0.29, 0.717) is 22.6 Å². The van der Waals surface area contributed by atoms with Crippen molar-refractivity contribution in [2.45, 2.75) is 25.0 Å². The average Bonchev–Trinajstić information content (AvgIpc) is 3.11. The van der Waals surface area contributed by atoms with Crippen LogP contribution in [0.3, 0.4) is 0 Å². The molecule has 0 radical (unpaired) electrons. The molecule has 0 spiro atoms. The van der Waals surface area contributed by atoms with Crippen LogP contribution in [0.4, 0.5) is 0 Å². The van der Waals surface area contributed by atoms with Crippen LogP contribution in [0.5, 0.6) is 11.5 Å². The second kappa shape index (κ2) is 7.91. The van der Waals surface area contributed by atoms with Crippen molar-refractivity contribution in [2.24, 2.45) is 0 Å². The van der Waals surface area contributed by atoms with Crippen LogP contribution >= 0.6 is 23.2 Å². The first-order valence-corrected chi connectivity index (χ1v) is 10.6. The Morgan fingerprint density at radius 3 is 2.72 bits per heavy atom. The lowest BCUT2D eigenvalue weighted by atomic mass is 9.89. The molecular weight excluding hydrogens is 405 g/mol. The largest absolute Gasteiger partial charge is 0.485 e. The summed E-state index contributed by atoms with van der Waals surface area (Å²) in [6, 6.07) is 20.0. The lowest BCUT2D eigenvalue weighted by Crippen LogP contribution is -2.37. The molecule has 0 amide bonds. The summed E-state index contributed by atoms with van der Waals surface area (Å²) < 4.78 is 12.6. The number of halogens is 2. The van der Waals surface area contributed by atoms with Gasteiger partial charge >= 0.3 is 0 Å². The van der Waals surface area contributed by atoms with E-state index < -0.39 is 0 Å². The van der Waals surface area contributed by atoms with Crippen LogP contribution < -0.4 is 14.8 Å². The van der Waals surface area contributed by atoms with Crippen LogP contribution in [0.1, 0.15) is 23.5 Å². The van der Waals surface area contributed by atoms with Gasteiger partial charge in [0.1, 0.15) is 12.7 Å². The van der Waals surface area contributed by atoms with Gasteiger partial charge in [-0.25, -0.2) is 0 Å². The van der Waals surface area contributed by atoms with E-state index in [1.54, 1.807) is 6.07 Å². The highest BCUT2D eigenvalue weighted by atomic mass is 35.5. The predicted octanol–water partition coefficient (Wildman–Crippen LogP) is 6.08. The lowest BCUT2D eigenvalue weighted by molar-refractivity contribution is 0.165. The molecule has 5 heteroatoms. The van der Waals surface area contributed by atoms with E-state index in [1.807, 2.05) is 36.4 Å². The number of ether oxygens (including phenoxy) is 2. The van der Waals surface area contributed by atoms with Crippen molar-refractivity contribution in [3.8, 4) is 22.6 Å². The number of piperidine rings is 1. The molecular formula is C24H21Cl2NO2. The zero-order chi connectivity index (χ0) is 19.8. The molecule has 2 aliphatic rings. The Morgan fingerprint density at radius 2 is 1.90 bits per heavy atom. The third kappa shape index (κ3) is 3.71. The number of hydrogen-bond donors (Lipinski definition) is 1. The maximum absolute atomic E-state index is 6.51. The number of nitrogens with one attached hydrogen (secondary N) is 1. The Morgan fingerprint density at radius 1 is 1.03 bits per heavy atom. The van der Waals surface area contributed by atoms with Crippen molar-refractivity contribution < 1.29 is 9.47 Å². The van der Waals surface area contributed by atoms with E-state index in [4.69, 9.17) is 32.7 Å². The summed E-state index contributed by atoms with van der Waals surface area (Å²) in [5.41, 5.74) is 4.26. The molecule has 1 N–H and O–H groups in total. The molecule has 2 heterocycles. The quantitative estimate of drug-likeness (QED) is 0.549. The van der Waals surface area contributed by atoms with Crippen LogP contribution in [0.2, 0.25) is 10.0 Å². The van der Waals surface area contributed by atoms with Gasteiger partial charge in [-0.3, -0.25) is 0 Å². The summed E-state index contributed by atoms with van der Waals surface area (Å²) in [4.78, 5) is 0. The number of benzene rings is 3. The van der Waals surface area contributed by atoms with E-state index in [2.05, 4.69) is 23.5 Å². The van der Waals surface area contributed by atoms with Crippen molar-refractivity contribution in [1.29, 1.82) is 0 Å². The van der Waals surface area contributed by atoms with E-state index in [1.165, 1.54) is 5.56 Å². The first-order chi connectivity index (χ1) is 14.2. The maximum Gasteiger partial charge on any atom is 0.165 e. The topological polar surface area (TPSA) is 30.5 Å². The molecule has 1 fully saturated rings. The molecule has 3 nitrogen and oxygen atoms in total. The van der Waals surface area contributed by atoms with Gasteiger partial charge in [0.2, 0.25) is 0 Å². The summed E-state index contributed by atoms with van der Waals surface area (Å²) in [5.74, 6) is 1.96. The monoisotopic (exact) mass is 425 g/mol. The van der Waals surface area contributed by atoms with Crippen LogP contribution in [-0.2, 0) is 6.61 Å². The van der Waals surface area contributed by atoms with Crippen LogP contribution in [0, 0.1) is 0 Å². The predicted molar refractivity (Wildman–Crippen MR) is 117 cm³/mol. The SMILES string of the molecule is Clc1ccc(-c2cc(OCc3ccccc3)c3c(c2)C2CNCCC2O3)c(Cl)c1. The first kappa shape index (κ1) is 18.8. The summed E-state index contributed by atoms with van der Waals surface area (Å²) in [6.07, 6.45) is 1.19. The Labute approximate surface area is 180 Å². The molecule has 0 saturated carbocycles.